The lowest BCUT2D eigenvalue weighted by Gasteiger charge is -2.22. The van der Waals surface area contributed by atoms with Crippen LogP contribution in [0.1, 0.15) is 51.4 Å². The minimum Gasteiger partial charge on any atom is -0.506 e. The van der Waals surface area contributed by atoms with Gasteiger partial charge in [0, 0.05) is 30.3 Å². The number of carbonyl (C=O) groups is 1. The van der Waals surface area contributed by atoms with Gasteiger partial charge in [-0.25, -0.2) is 0 Å². The van der Waals surface area contributed by atoms with Crippen LogP contribution in [0, 0.1) is 11.3 Å². The highest BCUT2D eigenvalue weighted by Crippen LogP contribution is 2.26. The smallest absolute Gasteiger partial charge is 0.191 e. The van der Waals surface area contributed by atoms with Crippen molar-refractivity contribution in [2.24, 2.45) is 5.92 Å². The first-order valence-corrected chi connectivity index (χ1v) is 8.96. The molecule has 0 saturated heterocycles. The SMILES string of the molecule is CC(C)C(=O)CN(C)C(=N)NCc1ncc(COC(C)(C)C)c(CO)c1O. The summed E-state index contributed by atoms with van der Waals surface area (Å²) in [6.45, 7) is 9.50. The molecule has 0 radical (unpaired) electrons. The fraction of sp³-hybridized carbons (Fsp3) is 0.632. The molecule has 0 unspecified atom stereocenters. The summed E-state index contributed by atoms with van der Waals surface area (Å²) in [4.78, 5) is 17.5. The molecule has 0 bridgehead atoms. The van der Waals surface area contributed by atoms with Crippen LogP contribution in [0.5, 0.6) is 5.75 Å². The third-order valence-electron chi connectivity index (χ3n) is 3.98. The Balaban J connectivity index is 2.78. The number of aliphatic hydroxyl groups excluding tert-OH is 1. The quantitative estimate of drug-likeness (QED) is 0.401. The molecule has 0 aliphatic carbocycles. The first-order valence-electron chi connectivity index (χ1n) is 8.96. The summed E-state index contributed by atoms with van der Waals surface area (Å²) < 4.78 is 5.69. The number of nitrogens with one attached hydrogen (secondary N) is 2. The van der Waals surface area contributed by atoms with E-state index in [0.29, 0.717) is 16.8 Å². The second kappa shape index (κ2) is 9.66. The monoisotopic (exact) mass is 380 g/mol. The molecule has 0 atom stereocenters. The topological polar surface area (TPSA) is 119 Å². The van der Waals surface area contributed by atoms with E-state index in [4.69, 9.17) is 10.1 Å². The Hall–Kier alpha value is -2.19. The highest BCUT2D eigenvalue weighted by atomic mass is 16.5. The number of hydrogen-bond acceptors (Lipinski definition) is 6. The molecule has 27 heavy (non-hydrogen) atoms. The minimum atomic E-state index is -0.352. The first-order chi connectivity index (χ1) is 12.5. The summed E-state index contributed by atoms with van der Waals surface area (Å²) in [6.07, 6.45) is 1.56. The maximum atomic E-state index is 11.8. The number of Topliss-reactive ketones (excluding diaryl/α,β-unsaturated/α-hetero) is 1. The summed E-state index contributed by atoms with van der Waals surface area (Å²) in [6, 6.07) is 0. The largest absolute Gasteiger partial charge is 0.506 e. The predicted octanol–water partition coefficient (Wildman–Crippen LogP) is 1.78. The molecular formula is C19H32N4O4. The van der Waals surface area contributed by atoms with E-state index in [1.54, 1.807) is 13.2 Å². The molecule has 8 heteroatoms. The lowest BCUT2D eigenvalue weighted by molar-refractivity contribution is -0.122. The van der Waals surface area contributed by atoms with Crippen LogP contribution >= 0.6 is 0 Å². The van der Waals surface area contributed by atoms with Gasteiger partial charge in [0.25, 0.3) is 0 Å². The Morgan fingerprint density at radius 1 is 1.41 bits per heavy atom. The van der Waals surface area contributed by atoms with Gasteiger partial charge in [-0.1, -0.05) is 13.8 Å². The Bertz CT molecular complexity index is 668. The van der Waals surface area contributed by atoms with Gasteiger partial charge < -0.3 is 25.2 Å². The van der Waals surface area contributed by atoms with Crippen molar-refractivity contribution in [1.29, 1.82) is 5.41 Å². The van der Waals surface area contributed by atoms with Gasteiger partial charge in [0.2, 0.25) is 0 Å². The molecule has 4 N–H and O–H groups in total. The van der Waals surface area contributed by atoms with Crippen LogP contribution in [-0.2, 0) is 29.3 Å². The van der Waals surface area contributed by atoms with E-state index in [1.165, 1.54) is 4.90 Å². The van der Waals surface area contributed by atoms with Crippen molar-refractivity contribution in [1.82, 2.24) is 15.2 Å². The number of aliphatic hydroxyl groups is 1. The van der Waals surface area contributed by atoms with Gasteiger partial charge in [-0.15, -0.1) is 0 Å². The van der Waals surface area contributed by atoms with Gasteiger partial charge in [0.15, 0.2) is 11.7 Å². The lowest BCUT2D eigenvalue weighted by Crippen LogP contribution is -2.41. The van der Waals surface area contributed by atoms with Gasteiger partial charge >= 0.3 is 0 Å². The van der Waals surface area contributed by atoms with Crippen molar-refractivity contribution in [3.63, 3.8) is 0 Å². The average molecular weight is 380 g/mol. The van der Waals surface area contributed by atoms with Crippen molar-refractivity contribution >= 4 is 11.7 Å². The van der Waals surface area contributed by atoms with Crippen molar-refractivity contribution in [2.75, 3.05) is 13.6 Å². The molecule has 1 heterocycles. The zero-order valence-corrected chi connectivity index (χ0v) is 17.1. The van der Waals surface area contributed by atoms with Gasteiger partial charge in [0.05, 0.1) is 31.9 Å². The maximum Gasteiger partial charge on any atom is 0.191 e. The standard InChI is InChI=1S/C19H32N4O4/c1-12(2)16(25)9-23(6)18(20)22-8-15-17(26)14(10-24)13(7-21-15)11-27-19(3,4)5/h7,12,24,26H,8-11H2,1-6H3,(H2,20,22). The number of nitrogens with zero attached hydrogens (tertiary/aromatic N) is 2. The van der Waals surface area contributed by atoms with E-state index in [-0.39, 0.29) is 55.3 Å². The number of guanidine groups is 1. The van der Waals surface area contributed by atoms with Crippen LogP contribution in [0.4, 0.5) is 0 Å². The fourth-order valence-electron chi connectivity index (χ4n) is 2.14. The summed E-state index contributed by atoms with van der Waals surface area (Å²) in [5, 5.41) is 30.9. The highest BCUT2D eigenvalue weighted by molar-refractivity contribution is 5.87. The molecule has 0 amide bonds. The molecule has 8 nitrogen and oxygen atoms in total. The van der Waals surface area contributed by atoms with Crippen LogP contribution in [0.2, 0.25) is 0 Å². The van der Waals surface area contributed by atoms with Crippen molar-refractivity contribution in [3.8, 4) is 5.75 Å². The molecule has 0 saturated carbocycles. The van der Waals surface area contributed by atoms with Crippen LogP contribution in [0.3, 0.4) is 0 Å². The summed E-state index contributed by atoms with van der Waals surface area (Å²) in [5.74, 6) is -0.124. The Morgan fingerprint density at radius 3 is 2.56 bits per heavy atom. The third-order valence-corrected chi connectivity index (χ3v) is 3.98. The number of hydrogen-bond donors (Lipinski definition) is 4. The number of pyridine rings is 1. The maximum absolute atomic E-state index is 11.8. The zero-order chi connectivity index (χ0) is 20.8. The lowest BCUT2D eigenvalue weighted by atomic mass is 10.1. The highest BCUT2D eigenvalue weighted by Gasteiger charge is 2.18. The van der Waals surface area contributed by atoms with Gasteiger partial charge in [0.1, 0.15) is 11.4 Å². The van der Waals surface area contributed by atoms with Crippen molar-refractivity contribution in [3.05, 3.63) is 23.0 Å². The molecule has 0 aromatic carbocycles. The molecule has 0 spiro atoms. The second-order valence-corrected chi connectivity index (χ2v) is 7.80. The number of rotatable bonds is 8. The predicted molar refractivity (Wildman–Crippen MR) is 103 cm³/mol. The number of aromatic nitrogens is 1. The van der Waals surface area contributed by atoms with E-state index < -0.39 is 0 Å². The van der Waals surface area contributed by atoms with E-state index in [1.807, 2.05) is 34.6 Å². The zero-order valence-electron chi connectivity index (χ0n) is 17.1. The summed E-state index contributed by atoms with van der Waals surface area (Å²) in [5.41, 5.74) is 0.937. The molecule has 152 valence electrons. The van der Waals surface area contributed by atoms with E-state index in [2.05, 4.69) is 10.3 Å². The molecule has 1 rings (SSSR count). The Labute approximate surface area is 161 Å². The first kappa shape index (κ1) is 22.9. The van der Waals surface area contributed by atoms with E-state index in [9.17, 15) is 15.0 Å². The van der Waals surface area contributed by atoms with Crippen molar-refractivity contribution < 1.29 is 19.7 Å². The number of carbonyl (C=O) groups excluding carboxylic acids is 1. The Morgan fingerprint density at radius 2 is 2.04 bits per heavy atom. The van der Waals surface area contributed by atoms with Crippen LogP contribution in [-0.4, -0.2) is 51.0 Å². The number of likely N-dealkylation sites (N-methyl/N-ethyl adjacent to an activating group) is 1. The van der Waals surface area contributed by atoms with E-state index in [0.717, 1.165) is 0 Å². The fourth-order valence-corrected chi connectivity index (χ4v) is 2.14. The molecular weight excluding hydrogens is 348 g/mol. The van der Waals surface area contributed by atoms with E-state index >= 15 is 0 Å². The molecule has 1 aromatic heterocycles. The normalized spacial score (nSPS) is 11.6. The third kappa shape index (κ3) is 7.15. The summed E-state index contributed by atoms with van der Waals surface area (Å²) >= 11 is 0. The van der Waals surface area contributed by atoms with Crippen LogP contribution in [0.25, 0.3) is 0 Å². The van der Waals surface area contributed by atoms with Crippen LogP contribution < -0.4 is 5.32 Å². The Kier molecular flexibility index (Phi) is 8.18. The molecule has 0 aliphatic rings. The number of aromatic hydroxyl groups is 1. The van der Waals surface area contributed by atoms with Gasteiger partial charge in [-0.2, -0.15) is 0 Å². The van der Waals surface area contributed by atoms with Crippen LogP contribution in [0.15, 0.2) is 6.20 Å². The number of ketones is 1. The average Bonchev–Trinajstić information content (AvgIpc) is 2.57. The van der Waals surface area contributed by atoms with Gasteiger partial charge in [-0.05, 0) is 20.8 Å². The molecule has 0 fully saturated rings. The van der Waals surface area contributed by atoms with Crippen molar-refractivity contribution in [2.45, 2.75) is 60.0 Å². The van der Waals surface area contributed by atoms with Gasteiger partial charge in [-0.3, -0.25) is 15.2 Å². The second-order valence-electron chi connectivity index (χ2n) is 7.80. The summed E-state index contributed by atoms with van der Waals surface area (Å²) in [7, 11) is 1.65. The minimum absolute atomic E-state index is 0.0378. The molecule has 1 aromatic rings. The molecule has 0 aliphatic heterocycles. The number of ether oxygens (including phenoxy) is 1.